The van der Waals surface area contributed by atoms with Gasteiger partial charge < -0.3 is 5.73 Å². The van der Waals surface area contributed by atoms with Gasteiger partial charge in [-0.3, -0.25) is 0 Å². The molecule has 1 aromatic carbocycles. The van der Waals surface area contributed by atoms with Crippen molar-refractivity contribution >= 4 is 15.7 Å². The maximum absolute atomic E-state index is 12.0. The molecule has 19 heavy (non-hydrogen) atoms. The van der Waals surface area contributed by atoms with E-state index >= 15 is 0 Å². The number of rotatable bonds is 7. The molecule has 1 aromatic rings. The van der Waals surface area contributed by atoms with Crippen molar-refractivity contribution in [2.24, 2.45) is 0 Å². The van der Waals surface area contributed by atoms with Gasteiger partial charge in [0.15, 0.2) is 0 Å². The molecule has 0 spiro atoms. The molecule has 0 fully saturated rings. The minimum Gasteiger partial charge on any atom is -0.398 e. The van der Waals surface area contributed by atoms with Gasteiger partial charge in [-0.15, -0.1) is 0 Å². The van der Waals surface area contributed by atoms with E-state index in [1.165, 1.54) is 18.2 Å². The van der Waals surface area contributed by atoms with Crippen molar-refractivity contribution in [3.05, 3.63) is 23.8 Å². The lowest BCUT2D eigenvalue weighted by Crippen LogP contribution is -2.25. The molecule has 0 saturated heterocycles. The Hall–Kier alpha value is -1.58. The lowest BCUT2D eigenvalue weighted by molar-refractivity contribution is 0.574. The molecule has 0 aliphatic rings. The molecule has 0 aliphatic carbocycles. The minimum absolute atomic E-state index is 0.0296. The summed E-state index contributed by atoms with van der Waals surface area (Å²) in [6, 6.07) is 6.09. The van der Waals surface area contributed by atoms with Gasteiger partial charge in [-0.25, -0.2) is 13.1 Å². The molecular weight excluding hydrogens is 262 g/mol. The van der Waals surface area contributed by atoms with Crippen LogP contribution in [0.4, 0.5) is 5.69 Å². The van der Waals surface area contributed by atoms with Crippen LogP contribution in [0.1, 0.15) is 38.2 Å². The molecule has 0 radical (unpaired) electrons. The Morgan fingerprint density at radius 3 is 2.63 bits per heavy atom. The van der Waals surface area contributed by atoms with Crippen molar-refractivity contribution in [3.8, 4) is 6.07 Å². The predicted molar refractivity (Wildman–Crippen MR) is 74.9 cm³/mol. The topological polar surface area (TPSA) is 96.0 Å². The Balaban J connectivity index is 2.70. The van der Waals surface area contributed by atoms with E-state index in [1.54, 1.807) is 0 Å². The minimum atomic E-state index is -3.59. The van der Waals surface area contributed by atoms with E-state index in [2.05, 4.69) is 11.6 Å². The van der Waals surface area contributed by atoms with Crippen LogP contribution < -0.4 is 10.5 Å². The summed E-state index contributed by atoms with van der Waals surface area (Å²) in [5, 5.41) is 8.71. The van der Waals surface area contributed by atoms with Gasteiger partial charge >= 0.3 is 0 Å². The van der Waals surface area contributed by atoms with Crippen LogP contribution in [0.15, 0.2) is 23.1 Å². The highest BCUT2D eigenvalue weighted by atomic mass is 32.2. The zero-order valence-electron chi connectivity index (χ0n) is 11.0. The zero-order valence-corrected chi connectivity index (χ0v) is 11.8. The smallest absolute Gasteiger partial charge is 0.242 e. The van der Waals surface area contributed by atoms with Crippen molar-refractivity contribution in [2.75, 3.05) is 12.3 Å². The fourth-order valence-corrected chi connectivity index (χ4v) is 2.88. The SMILES string of the molecule is CCCCCCNS(=O)(=O)c1ccc(C#N)cc1N. The molecular formula is C13H19N3O2S. The number of hydrogen-bond acceptors (Lipinski definition) is 4. The largest absolute Gasteiger partial charge is 0.398 e. The van der Waals surface area contributed by atoms with E-state index in [1.807, 2.05) is 6.07 Å². The molecule has 0 saturated carbocycles. The second-order valence-corrected chi connectivity index (χ2v) is 6.06. The fraction of sp³-hybridized carbons (Fsp3) is 0.462. The summed E-state index contributed by atoms with van der Waals surface area (Å²) in [5.74, 6) is 0. The number of nitrogens with zero attached hydrogens (tertiary/aromatic N) is 1. The van der Waals surface area contributed by atoms with Gasteiger partial charge in [0.1, 0.15) is 4.90 Å². The van der Waals surface area contributed by atoms with Crippen molar-refractivity contribution in [2.45, 2.75) is 37.5 Å². The van der Waals surface area contributed by atoms with Crippen LogP contribution in [0.25, 0.3) is 0 Å². The van der Waals surface area contributed by atoms with E-state index in [4.69, 9.17) is 11.0 Å². The van der Waals surface area contributed by atoms with E-state index in [9.17, 15) is 8.42 Å². The first-order valence-electron chi connectivity index (χ1n) is 6.30. The van der Waals surface area contributed by atoms with E-state index in [0.29, 0.717) is 12.1 Å². The highest BCUT2D eigenvalue weighted by Crippen LogP contribution is 2.19. The summed E-state index contributed by atoms with van der Waals surface area (Å²) < 4.78 is 26.5. The maximum atomic E-state index is 12.0. The predicted octanol–water partition coefficient (Wildman–Crippen LogP) is 2.00. The average Bonchev–Trinajstić information content (AvgIpc) is 2.37. The van der Waals surface area contributed by atoms with Gasteiger partial charge in [0, 0.05) is 6.54 Å². The lowest BCUT2D eigenvalue weighted by atomic mass is 10.2. The summed E-state index contributed by atoms with van der Waals surface area (Å²) in [4.78, 5) is 0.0296. The molecule has 0 aliphatic heterocycles. The van der Waals surface area contributed by atoms with Crippen molar-refractivity contribution in [1.82, 2.24) is 4.72 Å². The normalized spacial score (nSPS) is 11.2. The molecule has 5 nitrogen and oxygen atoms in total. The summed E-state index contributed by atoms with van der Waals surface area (Å²) in [5.41, 5.74) is 6.11. The first kappa shape index (κ1) is 15.5. The van der Waals surface area contributed by atoms with Gasteiger partial charge in [0.05, 0.1) is 17.3 Å². The van der Waals surface area contributed by atoms with Crippen molar-refractivity contribution in [1.29, 1.82) is 5.26 Å². The van der Waals surface area contributed by atoms with Crippen LogP contribution >= 0.6 is 0 Å². The van der Waals surface area contributed by atoms with Crippen molar-refractivity contribution in [3.63, 3.8) is 0 Å². The Labute approximate surface area is 114 Å². The number of nitrogen functional groups attached to an aromatic ring is 1. The van der Waals surface area contributed by atoms with Crippen LogP contribution in [-0.4, -0.2) is 15.0 Å². The van der Waals surface area contributed by atoms with E-state index in [-0.39, 0.29) is 10.6 Å². The number of nitrogens with one attached hydrogen (secondary N) is 1. The number of sulfonamides is 1. The molecule has 0 aromatic heterocycles. The van der Waals surface area contributed by atoms with Gasteiger partial charge in [-0.1, -0.05) is 26.2 Å². The van der Waals surface area contributed by atoms with Gasteiger partial charge in [0.25, 0.3) is 0 Å². The van der Waals surface area contributed by atoms with Gasteiger partial charge in [-0.05, 0) is 24.6 Å². The zero-order chi connectivity index (χ0) is 14.3. The second-order valence-electron chi connectivity index (χ2n) is 4.32. The third-order valence-corrected chi connectivity index (χ3v) is 4.29. The Kier molecular flexibility index (Phi) is 5.80. The number of anilines is 1. The third-order valence-electron chi connectivity index (χ3n) is 2.75. The molecule has 6 heteroatoms. The highest BCUT2D eigenvalue weighted by Gasteiger charge is 2.16. The summed E-state index contributed by atoms with van der Waals surface area (Å²) in [7, 11) is -3.59. The molecule has 0 unspecified atom stereocenters. The number of unbranched alkanes of at least 4 members (excludes halogenated alkanes) is 3. The van der Waals surface area contributed by atoms with E-state index < -0.39 is 10.0 Å². The van der Waals surface area contributed by atoms with Gasteiger partial charge in [0.2, 0.25) is 10.0 Å². The molecule has 0 atom stereocenters. The number of hydrogen-bond donors (Lipinski definition) is 2. The highest BCUT2D eigenvalue weighted by molar-refractivity contribution is 7.89. The summed E-state index contributed by atoms with van der Waals surface area (Å²) >= 11 is 0. The molecule has 0 heterocycles. The maximum Gasteiger partial charge on any atom is 0.242 e. The first-order chi connectivity index (χ1) is 9.01. The Morgan fingerprint density at radius 1 is 1.32 bits per heavy atom. The quantitative estimate of drug-likeness (QED) is 0.590. The molecule has 1 rings (SSSR count). The standard InChI is InChI=1S/C13H19N3O2S/c1-2-3-4-5-8-16-19(17,18)13-7-6-11(10-14)9-12(13)15/h6-7,9,16H,2-5,8,15H2,1H3. The van der Waals surface area contributed by atoms with Crippen molar-refractivity contribution < 1.29 is 8.42 Å². The fourth-order valence-electron chi connectivity index (χ4n) is 1.70. The van der Waals surface area contributed by atoms with E-state index in [0.717, 1.165) is 25.7 Å². The summed E-state index contributed by atoms with van der Waals surface area (Å²) in [6.07, 6.45) is 4.02. The Bertz CT molecular complexity index is 562. The molecule has 3 N–H and O–H groups in total. The number of nitriles is 1. The van der Waals surface area contributed by atoms with Crippen LogP contribution in [0, 0.1) is 11.3 Å². The number of nitrogens with two attached hydrogens (primary N) is 1. The van der Waals surface area contributed by atoms with Crippen LogP contribution in [0.5, 0.6) is 0 Å². The molecule has 0 bridgehead atoms. The van der Waals surface area contributed by atoms with Crippen LogP contribution in [0.3, 0.4) is 0 Å². The molecule has 0 amide bonds. The third kappa shape index (κ3) is 4.54. The van der Waals surface area contributed by atoms with Gasteiger partial charge in [-0.2, -0.15) is 5.26 Å². The van der Waals surface area contributed by atoms with Crippen LogP contribution in [-0.2, 0) is 10.0 Å². The monoisotopic (exact) mass is 281 g/mol. The molecule has 104 valence electrons. The number of benzene rings is 1. The average molecular weight is 281 g/mol. The van der Waals surface area contributed by atoms with Crippen LogP contribution in [0.2, 0.25) is 0 Å². The Morgan fingerprint density at radius 2 is 2.05 bits per heavy atom. The summed E-state index contributed by atoms with van der Waals surface area (Å²) in [6.45, 7) is 2.50. The first-order valence-corrected chi connectivity index (χ1v) is 7.79. The second kappa shape index (κ2) is 7.12. The lowest BCUT2D eigenvalue weighted by Gasteiger charge is -2.09.